The smallest absolute Gasteiger partial charge is 0.124 e. The highest BCUT2D eigenvalue weighted by Gasteiger charge is 2.44. The lowest BCUT2D eigenvalue weighted by molar-refractivity contribution is -0.110. The van der Waals surface area contributed by atoms with Crippen molar-refractivity contribution in [3.63, 3.8) is 0 Å². The molecule has 0 aromatic heterocycles. The van der Waals surface area contributed by atoms with Gasteiger partial charge in [-0.05, 0) is 32.7 Å². The summed E-state index contributed by atoms with van der Waals surface area (Å²) in [5.74, 6) is 0.320. The second kappa shape index (κ2) is 2.31. The summed E-state index contributed by atoms with van der Waals surface area (Å²) < 4.78 is 0. The van der Waals surface area contributed by atoms with Crippen molar-refractivity contribution in [2.75, 3.05) is 13.1 Å². The van der Waals surface area contributed by atoms with Gasteiger partial charge in [-0.15, -0.1) is 0 Å². The normalized spacial score (nSPS) is 44.3. The third kappa shape index (κ3) is 1.00. The topological polar surface area (TPSA) is 20.3 Å². The average molecular weight is 153 g/mol. The first-order chi connectivity index (χ1) is 5.24. The molecule has 2 unspecified atom stereocenters. The van der Waals surface area contributed by atoms with Crippen LogP contribution in [0.5, 0.6) is 0 Å². The Morgan fingerprint density at radius 3 is 3.09 bits per heavy atom. The molecule has 2 heterocycles. The van der Waals surface area contributed by atoms with Gasteiger partial charge in [-0.25, -0.2) is 0 Å². The molecule has 2 nitrogen and oxygen atoms in total. The SMILES string of the molecule is CC12CCCN1CC(C=O)C2. The third-order valence-electron chi connectivity index (χ3n) is 3.26. The summed E-state index contributed by atoms with van der Waals surface area (Å²) in [6.45, 7) is 4.52. The van der Waals surface area contributed by atoms with Crippen molar-refractivity contribution in [3.05, 3.63) is 0 Å². The summed E-state index contributed by atoms with van der Waals surface area (Å²) in [4.78, 5) is 13.0. The first-order valence-corrected chi connectivity index (χ1v) is 4.45. The number of fused-ring (bicyclic) bond motifs is 1. The van der Waals surface area contributed by atoms with Crippen molar-refractivity contribution >= 4 is 6.29 Å². The molecular weight excluding hydrogens is 138 g/mol. The molecule has 0 N–H and O–H groups in total. The second-order valence-corrected chi connectivity index (χ2v) is 4.15. The van der Waals surface area contributed by atoms with Crippen LogP contribution in [-0.4, -0.2) is 29.8 Å². The second-order valence-electron chi connectivity index (χ2n) is 4.15. The van der Waals surface area contributed by atoms with Crippen LogP contribution >= 0.6 is 0 Å². The highest BCUT2D eigenvalue weighted by atomic mass is 16.1. The Morgan fingerprint density at radius 1 is 1.64 bits per heavy atom. The van der Waals surface area contributed by atoms with Crippen LogP contribution in [-0.2, 0) is 4.79 Å². The Balaban J connectivity index is 2.12. The zero-order valence-corrected chi connectivity index (χ0v) is 7.05. The van der Waals surface area contributed by atoms with E-state index in [-0.39, 0.29) is 0 Å². The highest BCUT2D eigenvalue weighted by molar-refractivity contribution is 5.55. The van der Waals surface area contributed by atoms with Gasteiger partial charge in [0.2, 0.25) is 0 Å². The Kier molecular flexibility index (Phi) is 1.53. The van der Waals surface area contributed by atoms with Gasteiger partial charge in [0.25, 0.3) is 0 Å². The van der Waals surface area contributed by atoms with Crippen LogP contribution in [0.1, 0.15) is 26.2 Å². The number of nitrogens with zero attached hydrogens (tertiary/aromatic N) is 1. The fourth-order valence-corrected chi connectivity index (χ4v) is 2.63. The molecule has 0 aromatic carbocycles. The van der Waals surface area contributed by atoms with E-state index in [1.54, 1.807) is 0 Å². The Morgan fingerprint density at radius 2 is 2.45 bits per heavy atom. The van der Waals surface area contributed by atoms with Crippen LogP contribution in [0.3, 0.4) is 0 Å². The maximum atomic E-state index is 10.6. The minimum atomic E-state index is 0.320. The van der Waals surface area contributed by atoms with Gasteiger partial charge in [-0.2, -0.15) is 0 Å². The molecule has 0 aromatic rings. The zero-order valence-electron chi connectivity index (χ0n) is 7.05. The summed E-state index contributed by atoms with van der Waals surface area (Å²) in [6, 6.07) is 0. The summed E-state index contributed by atoms with van der Waals surface area (Å²) in [5, 5.41) is 0. The lowest BCUT2D eigenvalue weighted by Crippen LogP contribution is -2.34. The standard InChI is InChI=1S/C9H15NO/c1-9-3-2-4-10(9)6-8(5-9)7-11/h7-8H,2-6H2,1H3. The lowest BCUT2D eigenvalue weighted by Gasteiger charge is -2.26. The van der Waals surface area contributed by atoms with Crippen LogP contribution < -0.4 is 0 Å². The minimum absolute atomic E-state index is 0.320. The van der Waals surface area contributed by atoms with Crippen molar-refractivity contribution < 1.29 is 4.79 Å². The van der Waals surface area contributed by atoms with Crippen molar-refractivity contribution in [2.24, 2.45) is 5.92 Å². The Hall–Kier alpha value is -0.370. The molecule has 2 aliphatic rings. The number of carbonyl (C=O) groups excluding carboxylic acids is 1. The van der Waals surface area contributed by atoms with Crippen LogP contribution in [0.2, 0.25) is 0 Å². The van der Waals surface area contributed by atoms with Crippen LogP contribution in [0.15, 0.2) is 0 Å². The summed E-state index contributed by atoms with van der Waals surface area (Å²) >= 11 is 0. The van der Waals surface area contributed by atoms with Crippen molar-refractivity contribution in [3.8, 4) is 0 Å². The van der Waals surface area contributed by atoms with Gasteiger partial charge in [0.05, 0.1) is 0 Å². The van der Waals surface area contributed by atoms with Crippen molar-refractivity contribution in [2.45, 2.75) is 31.7 Å². The van der Waals surface area contributed by atoms with Crippen LogP contribution in [0.4, 0.5) is 0 Å². The number of hydrogen-bond donors (Lipinski definition) is 0. The van der Waals surface area contributed by atoms with Gasteiger partial charge in [-0.3, -0.25) is 4.90 Å². The molecule has 0 amide bonds. The van der Waals surface area contributed by atoms with Gasteiger partial charge in [-0.1, -0.05) is 0 Å². The van der Waals surface area contributed by atoms with E-state index < -0.39 is 0 Å². The zero-order chi connectivity index (χ0) is 7.90. The summed E-state index contributed by atoms with van der Waals surface area (Å²) in [7, 11) is 0. The van der Waals surface area contributed by atoms with Gasteiger partial charge in [0.15, 0.2) is 0 Å². The fraction of sp³-hybridized carbons (Fsp3) is 0.889. The molecule has 0 saturated carbocycles. The number of aldehydes is 1. The van der Waals surface area contributed by atoms with E-state index in [4.69, 9.17) is 0 Å². The maximum Gasteiger partial charge on any atom is 0.124 e. The first kappa shape index (κ1) is 7.29. The molecule has 62 valence electrons. The Bertz CT molecular complexity index is 180. The number of hydrogen-bond acceptors (Lipinski definition) is 2. The molecule has 0 radical (unpaired) electrons. The molecule has 0 aliphatic carbocycles. The van der Waals surface area contributed by atoms with E-state index in [2.05, 4.69) is 11.8 Å². The van der Waals surface area contributed by atoms with Gasteiger partial charge in [0.1, 0.15) is 6.29 Å². The average Bonchev–Trinajstić information content (AvgIpc) is 2.42. The molecule has 2 aliphatic heterocycles. The quantitative estimate of drug-likeness (QED) is 0.525. The fourth-order valence-electron chi connectivity index (χ4n) is 2.63. The molecule has 2 heteroatoms. The molecule has 2 fully saturated rings. The predicted molar refractivity (Wildman–Crippen MR) is 43.4 cm³/mol. The van der Waals surface area contributed by atoms with E-state index in [1.807, 2.05) is 0 Å². The minimum Gasteiger partial charge on any atom is -0.303 e. The van der Waals surface area contributed by atoms with Gasteiger partial charge >= 0.3 is 0 Å². The number of carbonyl (C=O) groups is 1. The van der Waals surface area contributed by atoms with Crippen LogP contribution in [0, 0.1) is 5.92 Å². The first-order valence-electron chi connectivity index (χ1n) is 4.45. The van der Waals surface area contributed by atoms with E-state index in [1.165, 1.54) is 19.4 Å². The molecule has 2 saturated heterocycles. The van der Waals surface area contributed by atoms with E-state index in [9.17, 15) is 4.79 Å². The largest absolute Gasteiger partial charge is 0.303 e. The highest BCUT2D eigenvalue weighted by Crippen LogP contribution is 2.40. The van der Waals surface area contributed by atoms with Gasteiger partial charge < -0.3 is 4.79 Å². The summed E-state index contributed by atoms with van der Waals surface area (Å²) in [6.07, 6.45) is 4.83. The van der Waals surface area contributed by atoms with Crippen molar-refractivity contribution in [1.29, 1.82) is 0 Å². The monoisotopic (exact) mass is 153 g/mol. The molecule has 11 heavy (non-hydrogen) atoms. The van der Waals surface area contributed by atoms with E-state index in [0.717, 1.165) is 19.3 Å². The molecule has 0 spiro atoms. The van der Waals surface area contributed by atoms with Crippen LogP contribution in [0.25, 0.3) is 0 Å². The van der Waals surface area contributed by atoms with E-state index >= 15 is 0 Å². The molecule has 0 bridgehead atoms. The Labute approximate surface area is 67.6 Å². The predicted octanol–water partition coefficient (Wildman–Crippen LogP) is 1.06. The molecular formula is C9H15NO. The van der Waals surface area contributed by atoms with Gasteiger partial charge in [0, 0.05) is 18.0 Å². The molecule has 2 rings (SSSR count). The summed E-state index contributed by atoms with van der Waals surface area (Å²) in [5.41, 5.74) is 0.381. The molecule has 2 atom stereocenters. The van der Waals surface area contributed by atoms with Crippen molar-refractivity contribution in [1.82, 2.24) is 4.90 Å². The number of rotatable bonds is 1. The van der Waals surface area contributed by atoms with E-state index in [0.29, 0.717) is 11.5 Å². The third-order valence-corrected chi connectivity index (χ3v) is 3.26. The lowest BCUT2D eigenvalue weighted by atomic mass is 9.93. The maximum absolute atomic E-state index is 10.6.